The topological polar surface area (TPSA) is 44.3 Å². The molecule has 1 N–H and O–H groups in total. The Labute approximate surface area is 103 Å². The lowest BCUT2D eigenvalue weighted by atomic mass is 10.2. The van der Waals surface area contributed by atoms with Crippen molar-refractivity contribution in [2.45, 2.75) is 19.0 Å². The summed E-state index contributed by atoms with van der Waals surface area (Å²) in [6.07, 6.45) is 4.75. The number of aromatic nitrogens is 2. The van der Waals surface area contributed by atoms with E-state index < -0.39 is 0 Å². The highest BCUT2D eigenvalue weighted by Crippen LogP contribution is 2.22. The fourth-order valence-electron chi connectivity index (χ4n) is 2.31. The molecule has 1 unspecified atom stereocenters. The summed E-state index contributed by atoms with van der Waals surface area (Å²) in [6.45, 7) is 2.95. The number of rotatable bonds is 4. The standard InChI is InChI=1S/C12H21N5/c1-13-6-10-7-14-9-15-12(10)17-5-4-11(8-17)16(2)3/h7,9,11,13H,4-6,8H2,1-3H3. The van der Waals surface area contributed by atoms with Crippen LogP contribution in [0.4, 0.5) is 5.82 Å². The zero-order valence-electron chi connectivity index (χ0n) is 10.8. The zero-order chi connectivity index (χ0) is 12.3. The van der Waals surface area contributed by atoms with Gasteiger partial charge < -0.3 is 15.1 Å². The van der Waals surface area contributed by atoms with Crippen molar-refractivity contribution in [1.82, 2.24) is 20.2 Å². The molecule has 0 spiro atoms. The predicted molar refractivity (Wildman–Crippen MR) is 69.1 cm³/mol. The largest absolute Gasteiger partial charge is 0.355 e. The summed E-state index contributed by atoms with van der Waals surface area (Å²) in [4.78, 5) is 13.2. The van der Waals surface area contributed by atoms with E-state index in [1.165, 1.54) is 12.0 Å². The van der Waals surface area contributed by atoms with E-state index in [1.807, 2.05) is 13.2 Å². The number of anilines is 1. The van der Waals surface area contributed by atoms with Crippen molar-refractivity contribution in [3.05, 3.63) is 18.1 Å². The average Bonchev–Trinajstić information content (AvgIpc) is 2.79. The van der Waals surface area contributed by atoms with E-state index >= 15 is 0 Å². The van der Waals surface area contributed by atoms with Crippen LogP contribution in [0.25, 0.3) is 0 Å². The zero-order valence-corrected chi connectivity index (χ0v) is 10.8. The molecule has 1 aromatic rings. The van der Waals surface area contributed by atoms with E-state index in [9.17, 15) is 0 Å². The van der Waals surface area contributed by atoms with E-state index in [1.54, 1.807) is 6.33 Å². The van der Waals surface area contributed by atoms with Gasteiger partial charge in [-0.2, -0.15) is 0 Å². The molecule has 1 aliphatic rings. The number of nitrogens with one attached hydrogen (secondary N) is 1. The van der Waals surface area contributed by atoms with Gasteiger partial charge in [0.25, 0.3) is 0 Å². The van der Waals surface area contributed by atoms with Crippen LogP contribution < -0.4 is 10.2 Å². The first-order valence-corrected chi connectivity index (χ1v) is 6.07. The molecule has 1 fully saturated rings. The minimum Gasteiger partial charge on any atom is -0.355 e. The number of likely N-dealkylation sites (N-methyl/N-ethyl adjacent to an activating group) is 1. The van der Waals surface area contributed by atoms with Gasteiger partial charge in [-0.3, -0.25) is 0 Å². The quantitative estimate of drug-likeness (QED) is 0.815. The van der Waals surface area contributed by atoms with Gasteiger partial charge in [-0.15, -0.1) is 0 Å². The van der Waals surface area contributed by atoms with Gasteiger partial charge in [-0.05, 0) is 27.6 Å². The first-order valence-electron chi connectivity index (χ1n) is 6.07. The van der Waals surface area contributed by atoms with Crippen LogP contribution in [0.15, 0.2) is 12.5 Å². The van der Waals surface area contributed by atoms with Crippen LogP contribution in [0.5, 0.6) is 0 Å². The van der Waals surface area contributed by atoms with Gasteiger partial charge in [0.2, 0.25) is 0 Å². The summed E-state index contributed by atoms with van der Waals surface area (Å²) >= 11 is 0. The minimum absolute atomic E-state index is 0.632. The Bertz CT molecular complexity index is 366. The summed E-state index contributed by atoms with van der Waals surface area (Å²) < 4.78 is 0. The molecule has 2 rings (SSSR count). The van der Waals surface area contributed by atoms with Crippen LogP contribution in [-0.4, -0.2) is 55.1 Å². The van der Waals surface area contributed by atoms with E-state index in [0.717, 1.165) is 25.5 Å². The monoisotopic (exact) mass is 235 g/mol. The molecule has 1 aromatic heterocycles. The fourth-order valence-corrected chi connectivity index (χ4v) is 2.31. The Hall–Kier alpha value is -1.20. The minimum atomic E-state index is 0.632. The number of nitrogens with zero attached hydrogens (tertiary/aromatic N) is 4. The summed E-state index contributed by atoms with van der Waals surface area (Å²) in [5.41, 5.74) is 1.18. The normalized spacial score (nSPS) is 20.2. The lowest BCUT2D eigenvalue weighted by molar-refractivity contribution is 0.315. The summed E-state index contributed by atoms with van der Waals surface area (Å²) in [5, 5.41) is 3.16. The van der Waals surface area contributed by atoms with E-state index in [4.69, 9.17) is 0 Å². The van der Waals surface area contributed by atoms with Crippen molar-refractivity contribution >= 4 is 5.82 Å². The molecule has 17 heavy (non-hydrogen) atoms. The van der Waals surface area contributed by atoms with Crippen molar-refractivity contribution in [2.75, 3.05) is 39.1 Å². The molecular formula is C12H21N5. The van der Waals surface area contributed by atoms with Gasteiger partial charge in [0.1, 0.15) is 12.1 Å². The second-order valence-electron chi connectivity index (χ2n) is 4.75. The molecule has 1 saturated heterocycles. The molecule has 1 atom stereocenters. The maximum atomic E-state index is 4.43. The van der Waals surface area contributed by atoms with Crippen LogP contribution in [0.3, 0.4) is 0 Å². The Morgan fingerprint density at radius 2 is 2.35 bits per heavy atom. The Balaban J connectivity index is 2.12. The molecule has 94 valence electrons. The van der Waals surface area contributed by atoms with Gasteiger partial charge in [-0.1, -0.05) is 0 Å². The predicted octanol–water partition coefficient (Wildman–Crippen LogP) is 0.336. The van der Waals surface area contributed by atoms with Crippen molar-refractivity contribution in [2.24, 2.45) is 0 Å². The SMILES string of the molecule is CNCc1cncnc1N1CCC(N(C)C)C1. The van der Waals surface area contributed by atoms with E-state index in [0.29, 0.717) is 6.04 Å². The lowest BCUT2D eigenvalue weighted by Crippen LogP contribution is -2.32. The lowest BCUT2D eigenvalue weighted by Gasteiger charge is -2.22. The van der Waals surface area contributed by atoms with Gasteiger partial charge in [0.15, 0.2) is 0 Å². The Kier molecular flexibility index (Phi) is 3.91. The molecule has 0 radical (unpaired) electrons. The van der Waals surface area contributed by atoms with Crippen molar-refractivity contribution in [1.29, 1.82) is 0 Å². The third-order valence-electron chi connectivity index (χ3n) is 3.32. The van der Waals surface area contributed by atoms with Gasteiger partial charge in [0, 0.05) is 37.4 Å². The van der Waals surface area contributed by atoms with Crippen molar-refractivity contribution in [3.63, 3.8) is 0 Å². The third kappa shape index (κ3) is 2.73. The maximum absolute atomic E-state index is 4.43. The van der Waals surface area contributed by atoms with Crippen LogP contribution in [0.1, 0.15) is 12.0 Å². The van der Waals surface area contributed by atoms with Crippen molar-refractivity contribution < 1.29 is 0 Å². The molecule has 0 aromatic carbocycles. The van der Waals surface area contributed by atoms with Gasteiger partial charge in [0.05, 0.1) is 0 Å². The summed E-state index contributed by atoms with van der Waals surface area (Å²) in [7, 11) is 6.23. The fraction of sp³-hybridized carbons (Fsp3) is 0.667. The number of hydrogen-bond donors (Lipinski definition) is 1. The van der Waals surface area contributed by atoms with Crippen LogP contribution in [-0.2, 0) is 6.54 Å². The second-order valence-corrected chi connectivity index (χ2v) is 4.75. The molecule has 0 saturated carbocycles. The van der Waals surface area contributed by atoms with Crippen LogP contribution in [0, 0.1) is 0 Å². The average molecular weight is 235 g/mol. The molecule has 1 aliphatic heterocycles. The van der Waals surface area contributed by atoms with Crippen molar-refractivity contribution in [3.8, 4) is 0 Å². The Morgan fingerprint density at radius 3 is 3.00 bits per heavy atom. The highest BCUT2D eigenvalue weighted by molar-refractivity contribution is 5.46. The molecule has 2 heterocycles. The van der Waals surface area contributed by atoms with Gasteiger partial charge >= 0.3 is 0 Å². The first-order chi connectivity index (χ1) is 8.22. The van der Waals surface area contributed by atoms with E-state index in [-0.39, 0.29) is 0 Å². The second kappa shape index (κ2) is 5.42. The highest BCUT2D eigenvalue weighted by atomic mass is 15.3. The first kappa shape index (κ1) is 12.3. The molecular weight excluding hydrogens is 214 g/mol. The molecule has 0 amide bonds. The summed E-state index contributed by atoms with van der Waals surface area (Å²) in [6, 6.07) is 0.632. The number of hydrogen-bond acceptors (Lipinski definition) is 5. The Morgan fingerprint density at radius 1 is 1.53 bits per heavy atom. The summed E-state index contributed by atoms with van der Waals surface area (Å²) in [5.74, 6) is 1.08. The third-order valence-corrected chi connectivity index (χ3v) is 3.32. The van der Waals surface area contributed by atoms with Gasteiger partial charge in [-0.25, -0.2) is 9.97 Å². The van der Waals surface area contributed by atoms with Crippen LogP contribution in [0.2, 0.25) is 0 Å². The van der Waals surface area contributed by atoms with Crippen LogP contribution >= 0.6 is 0 Å². The highest BCUT2D eigenvalue weighted by Gasteiger charge is 2.26. The molecule has 0 bridgehead atoms. The molecule has 5 heteroatoms. The smallest absolute Gasteiger partial charge is 0.136 e. The molecule has 5 nitrogen and oxygen atoms in total. The molecule has 0 aliphatic carbocycles. The van der Waals surface area contributed by atoms with E-state index in [2.05, 4.69) is 39.2 Å². The maximum Gasteiger partial charge on any atom is 0.136 e.